The summed E-state index contributed by atoms with van der Waals surface area (Å²) in [6, 6.07) is 11.7. The molecular formula is C24H29N3O3. The highest BCUT2D eigenvalue weighted by Gasteiger charge is 2.14. The van der Waals surface area contributed by atoms with E-state index in [1.165, 1.54) is 0 Å². The molecule has 0 unspecified atom stereocenters. The van der Waals surface area contributed by atoms with Crippen LogP contribution in [0, 0.1) is 13.8 Å². The minimum Gasteiger partial charge on any atom is -0.490 e. The second-order valence-corrected chi connectivity index (χ2v) is 7.91. The molecule has 0 bridgehead atoms. The van der Waals surface area contributed by atoms with Gasteiger partial charge in [-0.15, -0.1) is 0 Å². The predicted octanol–water partition coefficient (Wildman–Crippen LogP) is 3.76. The summed E-state index contributed by atoms with van der Waals surface area (Å²) < 4.78 is 13.5. The molecule has 1 aromatic heterocycles. The molecule has 0 aliphatic carbocycles. The lowest BCUT2D eigenvalue weighted by Gasteiger charge is -2.26. The van der Waals surface area contributed by atoms with Gasteiger partial charge in [0.2, 0.25) is 0 Å². The molecule has 0 saturated carbocycles. The Balaban J connectivity index is 1.47. The highest BCUT2D eigenvalue weighted by molar-refractivity contribution is 6.07. The van der Waals surface area contributed by atoms with Crippen molar-refractivity contribution < 1.29 is 14.3 Å². The van der Waals surface area contributed by atoms with Gasteiger partial charge >= 0.3 is 0 Å². The minimum absolute atomic E-state index is 0.135. The van der Waals surface area contributed by atoms with Crippen molar-refractivity contribution in [3.05, 3.63) is 59.3 Å². The van der Waals surface area contributed by atoms with E-state index in [0.29, 0.717) is 23.6 Å². The van der Waals surface area contributed by atoms with Gasteiger partial charge in [0.25, 0.3) is 5.91 Å². The normalized spacial score (nSPS) is 14.8. The largest absolute Gasteiger partial charge is 0.490 e. The van der Waals surface area contributed by atoms with Crippen molar-refractivity contribution in [3.8, 4) is 5.75 Å². The van der Waals surface area contributed by atoms with Crippen LogP contribution >= 0.6 is 0 Å². The van der Waals surface area contributed by atoms with Crippen molar-refractivity contribution in [3.63, 3.8) is 0 Å². The van der Waals surface area contributed by atoms with Crippen molar-refractivity contribution >= 4 is 22.5 Å². The van der Waals surface area contributed by atoms with E-state index in [2.05, 4.69) is 27.9 Å². The van der Waals surface area contributed by atoms with E-state index in [1.807, 2.05) is 50.4 Å². The Hall–Kier alpha value is -2.83. The van der Waals surface area contributed by atoms with E-state index in [1.54, 1.807) is 0 Å². The molecule has 1 aliphatic heterocycles. The number of anilines is 1. The maximum Gasteiger partial charge on any atom is 0.255 e. The maximum absolute atomic E-state index is 13.0. The molecule has 3 aromatic rings. The first kappa shape index (κ1) is 20.4. The zero-order valence-corrected chi connectivity index (χ0v) is 17.9. The van der Waals surface area contributed by atoms with Gasteiger partial charge in [0.15, 0.2) is 0 Å². The van der Waals surface area contributed by atoms with E-state index < -0.39 is 0 Å². The molecule has 0 spiro atoms. The molecular weight excluding hydrogens is 378 g/mol. The highest BCUT2D eigenvalue weighted by Crippen LogP contribution is 2.27. The smallest absolute Gasteiger partial charge is 0.255 e. The van der Waals surface area contributed by atoms with Crippen LogP contribution in [-0.2, 0) is 11.8 Å². The summed E-state index contributed by atoms with van der Waals surface area (Å²) in [7, 11) is 2.02. The number of ether oxygens (including phenoxy) is 2. The SMILES string of the molecule is Cc1ccc(OCCN2CCOCC2)c(NC(=O)c2ccc3c(c2)c(C)cn3C)c1. The highest BCUT2D eigenvalue weighted by atomic mass is 16.5. The standard InChI is InChI=1S/C24H29N3O3/c1-17-4-7-23(30-13-10-27-8-11-29-12-9-27)21(14-17)25-24(28)19-5-6-22-20(15-19)18(2)16-26(22)3/h4-7,14-16H,8-13H2,1-3H3,(H,25,28). The molecule has 6 heteroatoms. The summed E-state index contributed by atoms with van der Waals surface area (Å²) in [4.78, 5) is 15.3. The van der Waals surface area contributed by atoms with Crippen molar-refractivity contribution in [1.29, 1.82) is 0 Å². The van der Waals surface area contributed by atoms with E-state index in [4.69, 9.17) is 9.47 Å². The molecule has 158 valence electrons. The first-order valence-electron chi connectivity index (χ1n) is 10.4. The number of fused-ring (bicyclic) bond motifs is 1. The van der Waals surface area contributed by atoms with Crippen molar-refractivity contribution in [2.24, 2.45) is 7.05 Å². The van der Waals surface area contributed by atoms with Crippen LogP contribution < -0.4 is 10.1 Å². The molecule has 4 rings (SSSR count). The van der Waals surface area contributed by atoms with E-state index in [-0.39, 0.29) is 5.91 Å². The number of aromatic nitrogens is 1. The average Bonchev–Trinajstić information content (AvgIpc) is 3.03. The zero-order chi connectivity index (χ0) is 21.1. The predicted molar refractivity (Wildman–Crippen MR) is 120 cm³/mol. The second-order valence-electron chi connectivity index (χ2n) is 7.91. The van der Waals surface area contributed by atoms with Crippen LogP contribution in [0.25, 0.3) is 10.9 Å². The molecule has 1 amide bonds. The van der Waals surface area contributed by atoms with Crippen LogP contribution in [0.5, 0.6) is 5.75 Å². The summed E-state index contributed by atoms with van der Waals surface area (Å²) in [5.74, 6) is 0.558. The van der Waals surface area contributed by atoms with Crippen LogP contribution in [-0.4, -0.2) is 54.8 Å². The molecule has 0 atom stereocenters. The molecule has 1 saturated heterocycles. The van der Waals surface area contributed by atoms with Crippen LogP contribution in [0.3, 0.4) is 0 Å². The molecule has 30 heavy (non-hydrogen) atoms. The molecule has 1 fully saturated rings. The fourth-order valence-corrected chi connectivity index (χ4v) is 3.90. The molecule has 2 heterocycles. The Morgan fingerprint density at radius 2 is 1.93 bits per heavy atom. The Bertz CT molecular complexity index is 1050. The number of carbonyl (C=O) groups is 1. The molecule has 6 nitrogen and oxygen atoms in total. The number of morpholine rings is 1. The third kappa shape index (κ3) is 4.50. The number of hydrogen-bond acceptors (Lipinski definition) is 4. The lowest BCUT2D eigenvalue weighted by Crippen LogP contribution is -2.38. The van der Waals surface area contributed by atoms with Crippen LogP contribution in [0.15, 0.2) is 42.6 Å². The van der Waals surface area contributed by atoms with Gasteiger partial charge in [-0.05, 0) is 55.3 Å². The third-order valence-electron chi connectivity index (χ3n) is 5.60. The number of nitrogens with zero attached hydrogens (tertiary/aromatic N) is 2. The van der Waals surface area contributed by atoms with E-state index in [0.717, 1.165) is 54.9 Å². The van der Waals surface area contributed by atoms with Gasteiger partial charge in [-0.25, -0.2) is 0 Å². The lowest BCUT2D eigenvalue weighted by atomic mass is 10.1. The number of rotatable bonds is 6. The van der Waals surface area contributed by atoms with Gasteiger partial charge in [0.05, 0.1) is 18.9 Å². The molecule has 1 aliphatic rings. The van der Waals surface area contributed by atoms with Crippen molar-refractivity contribution in [1.82, 2.24) is 9.47 Å². The number of hydrogen-bond donors (Lipinski definition) is 1. The quantitative estimate of drug-likeness (QED) is 0.676. The molecule has 0 radical (unpaired) electrons. The Labute approximate surface area is 177 Å². The number of nitrogens with one attached hydrogen (secondary N) is 1. The van der Waals surface area contributed by atoms with Gasteiger partial charge in [-0.1, -0.05) is 6.07 Å². The first-order valence-corrected chi connectivity index (χ1v) is 10.4. The van der Waals surface area contributed by atoms with Gasteiger partial charge in [0, 0.05) is 49.3 Å². The second kappa shape index (κ2) is 8.90. The Kier molecular flexibility index (Phi) is 6.06. The number of benzene rings is 2. The first-order chi connectivity index (χ1) is 14.5. The minimum atomic E-state index is -0.135. The van der Waals surface area contributed by atoms with Crippen LogP contribution in [0.1, 0.15) is 21.5 Å². The molecule has 1 N–H and O–H groups in total. The molecule has 2 aromatic carbocycles. The summed E-state index contributed by atoms with van der Waals surface area (Å²) in [6.45, 7) is 8.89. The lowest BCUT2D eigenvalue weighted by molar-refractivity contribution is 0.0323. The van der Waals surface area contributed by atoms with Gasteiger partial charge < -0.3 is 19.4 Å². The van der Waals surface area contributed by atoms with Crippen LogP contribution in [0.4, 0.5) is 5.69 Å². The van der Waals surface area contributed by atoms with E-state index >= 15 is 0 Å². The summed E-state index contributed by atoms with van der Waals surface area (Å²) in [5, 5.41) is 4.14. The summed E-state index contributed by atoms with van der Waals surface area (Å²) in [5.41, 5.74) is 4.68. The average molecular weight is 408 g/mol. The van der Waals surface area contributed by atoms with Crippen molar-refractivity contribution in [2.45, 2.75) is 13.8 Å². The Morgan fingerprint density at radius 1 is 1.13 bits per heavy atom. The third-order valence-corrected chi connectivity index (χ3v) is 5.60. The fraction of sp³-hybridized carbons (Fsp3) is 0.375. The summed E-state index contributed by atoms with van der Waals surface area (Å²) >= 11 is 0. The fourth-order valence-electron chi connectivity index (χ4n) is 3.90. The number of carbonyl (C=O) groups excluding carboxylic acids is 1. The maximum atomic E-state index is 13.0. The Morgan fingerprint density at radius 3 is 2.73 bits per heavy atom. The van der Waals surface area contributed by atoms with E-state index in [9.17, 15) is 4.79 Å². The number of amides is 1. The number of aryl methyl sites for hydroxylation is 3. The van der Waals surface area contributed by atoms with Gasteiger partial charge in [-0.3, -0.25) is 9.69 Å². The van der Waals surface area contributed by atoms with Crippen molar-refractivity contribution in [2.75, 3.05) is 44.8 Å². The van der Waals surface area contributed by atoms with Gasteiger partial charge in [-0.2, -0.15) is 0 Å². The zero-order valence-electron chi connectivity index (χ0n) is 17.9. The monoisotopic (exact) mass is 407 g/mol. The topological polar surface area (TPSA) is 55.7 Å². The van der Waals surface area contributed by atoms with Crippen LogP contribution in [0.2, 0.25) is 0 Å². The van der Waals surface area contributed by atoms with Gasteiger partial charge in [0.1, 0.15) is 12.4 Å². The summed E-state index contributed by atoms with van der Waals surface area (Å²) in [6.07, 6.45) is 2.08.